The lowest BCUT2D eigenvalue weighted by Gasteiger charge is -2.15. The van der Waals surface area contributed by atoms with Crippen molar-refractivity contribution in [3.8, 4) is 0 Å². The highest BCUT2D eigenvalue weighted by Crippen LogP contribution is 2.25. The largest absolute Gasteiger partial charge is 0.385 e. The molecule has 0 bridgehead atoms. The third-order valence-corrected chi connectivity index (χ3v) is 2.64. The molecule has 1 unspecified atom stereocenters. The molecule has 2 N–H and O–H groups in total. The van der Waals surface area contributed by atoms with Gasteiger partial charge in [-0.25, -0.2) is 0 Å². The Hall–Kier alpha value is -1.78. The lowest BCUT2D eigenvalue weighted by atomic mass is 10.1. The van der Waals surface area contributed by atoms with Gasteiger partial charge in [-0.15, -0.1) is 0 Å². The van der Waals surface area contributed by atoms with Gasteiger partial charge in [0.2, 0.25) is 0 Å². The van der Waals surface area contributed by atoms with Gasteiger partial charge in [-0.3, -0.25) is 10.1 Å². The van der Waals surface area contributed by atoms with E-state index in [9.17, 15) is 10.1 Å². The van der Waals surface area contributed by atoms with Crippen LogP contribution in [0.15, 0.2) is 18.2 Å². The van der Waals surface area contributed by atoms with E-state index in [0.29, 0.717) is 6.04 Å². The second-order valence-corrected chi connectivity index (χ2v) is 4.39. The van der Waals surface area contributed by atoms with Crippen molar-refractivity contribution in [2.24, 2.45) is 0 Å². The molecule has 1 atom stereocenters. The fraction of sp³-hybridized carbons (Fsp3) is 0.538. The summed E-state index contributed by atoms with van der Waals surface area (Å²) in [5.74, 6) is 0. The molecule has 1 rings (SSSR count). The number of nitro benzene ring substituents is 1. The summed E-state index contributed by atoms with van der Waals surface area (Å²) in [6.45, 7) is 6.90. The Morgan fingerprint density at radius 3 is 2.50 bits per heavy atom. The predicted molar refractivity (Wildman–Crippen MR) is 75.3 cm³/mol. The van der Waals surface area contributed by atoms with Crippen molar-refractivity contribution < 1.29 is 4.92 Å². The molecule has 5 heteroatoms. The van der Waals surface area contributed by atoms with Crippen LogP contribution in [0.25, 0.3) is 0 Å². The van der Waals surface area contributed by atoms with E-state index in [0.717, 1.165) is 30.8 Å². The Morgan fingerprint density at radius 1 is 1.28 bits per heavy atom. The summed E-state index contributed by atoms with van der Waals surface area (Å²) in [6, 6.07) is 5.35. The third kappa shape index (κ3) is 4.24. The SMILES string of the molecule is CCCC(C)Nc1cc(NCC)cc([N+](=O)[O-])c1. The molecule has 0 saturated heterocycles. The number of nitrogens with one attached hydrogen (secondary N) is 2. The van der Waals surface area contributed by atoms with E-state index in [1.54, 1.807) is 12.1 Å². The Bertz CT molecular complexity index is 407. The first kappa shape index (κ1) is 14.3. The van der Waals surface area contributed by atoms with Gasteiger partial charge in [-0.05, 0) is 26.3 Å². The topological polar surface area (TPSA) is 67.2 Å². The smallest absolute Gasteiger partial charge is 0.273 e. The highest BCUT2D eigenvalue weighted by Gasteiger charge is 2.10. The Labute approximate surface area is 108 Å². The number of hydrogen-bond acceptors (Lipinski definition) is 4. The number of nitrogens with zero attached hydrogens (tertiary/aromatic N) is 1. The summed E-state index contributed by atoms with van der Waals surface area (Å²) in [5.41, 5.74) is 1.68. The number of benzene rings is 1. The van der Waals surface area contributed by atoms with Crippen LogP contribution in [-0.2, 0) is 0 Å². The Balaban J connectivity index is 2.91. The summed E-state index contributed by atoms with van der Waals surface area (Å²) >= 11 is 0. The minimum atomic E-state index is -0.365. The average molecular weight is 251 g/mol. The molecule has 1 aromatic carbocycles. The van der Waals surface area contributed by atoms with Gasteiger partial charge in [-0.1, -0.05) is 13.3 Å². The molecule has 0 heterocycles. The summed E-state index contributed by atoms with van der Waals surface area (Å²) in [4.78, 5) is 10.5. The van der Waals surface area contributed by atoms with Crippen LogP contribution in [0.2, 0.25) is 0 Å². The van der Waals surface area contributed by atoms with Crippen LogP contribution in [0.4, 0.5) is 17.1 Å². The Morgan fingerprint density at radius 2 is 1.94 bits per heavy atom. The molecule has 0 aliphatic carbocycles. The number of nitro groups is 1. The normalized spacial score (nSPS) is 11.9. The number of anilines is 2. The molecule has 0 aromatic heterocycles. The lowest BCUT2D eigenvalue weighted by Crippen LogP contribution is -2.14. The van der Waals surface area contributed by atoms with E-state index in [2.05, 4.69) is 24.5 Å². The van der Waals surface area contributed by atoms with Crippen molar-refractivity contribution in [3.63, 3.8) is 0 Å². The van der Waals surface area contributed by atoms with Crippen LogP contribution in [-0.4, -0.2) is 17.5 Å². The summed E-state index contributed by atoms with van der Waals surface area (Å²) in [6.07, 6.45) is 2.13. The van der Waals surface area contributed by atoms with Gasteiger partial charge in [0.15, 0.2) is 0 Å². The van der Waals surface area contributed by atoms with E-state index in [1.807, 2.05) is 13.0 Å². The quantitative estimate of drug-likeness (QED) is 0.573. The van der Waals surface area contributed by atoms with E-state index in [-0.39, 0.29) is 10.6 Å². The van der Waals surface area contributed by atoms with Gasteiger partial charge in [0.05, 0.1) is 4.92 Å². The monoisotopic (exact) mass is 251 g/mol. The van der Waals surface area contributed by atoms with Crippen molar-refractivity contribution in [2.75, 3.05) is 17.2 Å². The molecule has 0 saturated carbocycles. The molecule has 0 spiro atoms. The molecular formula is C13H21N3O2. The summed E-state index contributed by atoms with van der Waals surface area (Å²) in [7, 11) is 0. The minimum Gasteiger partial charge on any atom is -0.385 e. The van der Waals surface area contributed by atoms with Crippen LogP contribution >= 0.6 is 0 Å². The second-order valence-electron chi connectivity index (χ2n) is 4.39. The van der Waals surface area contributed by atoms with Crippen LogP contribution < -0.4 is 10.6 Å². The molecule has 0 fully saturated rings. The Kier molecular flexibility index (Phi) is 5.42. The zero-order chi connectivity index (χ0) is 13.5. The zero-order valence-corrected chi connectivity index (χ0v) is 11.2. The van der Waals surface area contributed by atoms with Crippen molar-refractivity contribution in [2.45, 2.75) is 39.7 Å². The first-order valence-corrected chi connectivity index (χ1v) is 6.36. The van der Waals surface area contributed by atoms with E-state index < -0.39 is 0 Å². The van der Waals surface area contributed by atoms with Gasteiger partial charge >= 0.3 is 0 Å². The van der Waals surface area contributed by atoms with Gasteiger partial charge < -0.3 is 10.6 Å². The zero-order valence-electron chi connectivity index (χ0n) is 11.2. The minimum absolute atomic E-state index is 0.111. The fourth-order valence-electron chi connectivity index (χ4n) is 1.90. The van der Waals surface area contributed by atoms with Crippen LogP contribution in [0.1, 0.15) is 33.6 Å². The maximum absolute atomic E-state index is 10.9. The van der Waals surface area contributed by atoms with Gasteiger partial charge in [-0.2, -0.15) is 0 Å². The van der Waals surface area contributed by atoms with Gasteiger partial charge in [0.25, 0.3) is 5.69 Å². The number of rotatable bonds is 7. The van der Waals surface area contributed by atoms with Crippen molar-refractivity contribution in [1.82, 2.24) is 0 Å². The number of hydrogen-bond donors (Lipinski definition) is 2. The lowest BCUT2D eigenvalue weighted by molar-refractivity contribution is -0.384. The van der Waals surface area contributed by atoms with Gasteiger partial charge in [0, 0.05) is 36.1 Å². The summed E-state index contributed by atoms with van der Waals surface area (Å²) in [5, 5.41) is 17.3. The molecular weight excluding hydrogens is 230 g/mol. The van der Waals surface area contributed by atoms with Crippen molar-refractivity contribution in [1.29, 1.82) is 0 Å². The average Bonchev–Trinajstić information content (AvgIpc) is 2.29. The van der Waals surface area contributed by atoms with Crippen molar-refractivity contribution >= 4 is 17.1 Å². The molecule has 0 radical (unpaired) electrons. The maximum atomic E-state index is 10.9. The molecule has 18 heavy (non-hydrogen) atoms. The molecule has 0 aliphatic rings. The highest BCUT2D eigenvalue weighted by molar-refractivity contribution is 5.63. The molecule has 0 amide bonds. The molecule has 5 nitrogen and oxygen atoms in total. The van der Waals surface area contributed by atoms with E-state index in [4.69, 9.17) is 0 Å². The third-order valence-electron chi connectivity index (χ3n) is 2.64. The molecule has 100 valence electrons. The van der Waals surface area contributed by atoms with Crippen LogP contribution in [0, 0.1) is 10.1 Å². The molecule has 0 aliphatic heterocycles. The van der Waals surface area contributed by atoms with Crippen LogP contribution in [0.3, 0.4) is 0 Å². The molecule has 1 aromatic rings. The van der Waals surface area contributed by atoms with Gasteiger partial charge in [0.1, 0.15) is 0 Å². The number of non-ortho nitro benzene ring substituents is 1. The standard InChI is InChI=1S/C13H21N3O2/c1-4-6-10(3)15-12-7-11(14-5-2)8-13(9-12)16(17)18/h7-10,14-15H,4-6H2,1-3H3. The van der Waals surface area contributed by atoms with E-state index >= 15 is 0 Å². The summed E-state index contributed by atoms with van der Waals surface area (Å²) < 4.78 is 0. The van der Waals surface area contributed by atoms with E-state index in [1.165, 1.54) is 0 Å². The fourth-order valence-corrected chi connectivity index (χ4v) is 1.90. The maximum Gasteiger partial charge on any atom is 0.273 e. The van der Waals surface area contributed by atoms with Crippen molar-refractivity contribution in [3.05, 3.63) is 28.3 Å². The van der Waals surface area contributed by atoms with Crippen LogP contribution in [0.5, 0.6) is 0 Å². The first-order valence-electron chi connectivity index (χ1n) is 6.36. The second kappa shape index (κ2) is 6.83. The first-order chi connectivity index (χ1) is 8.56. The highest BCUT2D eigenvalue weighted by atomic mass is 16.6. The predicted octanol–water partition coefficient (Wildman–Crippen LogP) is 3.63.